The lowest BCUT2D eigenvalue weighted by atomic mass is 9.94. The van der Waals surface area contributed by atoms with Gasteiger partial charge in [0.05, 0.1) is 0 Å². The van der Waals surface area contributed by atoms with Crippen molar-refractivity contribution < 1.29 is 0 Å². The molecule has 0 aliphatic rings. The van der Waals surface area contributed by atoms with Gasteiger partial charge in [-0.15, -0.1) is 11.3 Å². The average Bonchev–Trinajstić information content (AvgIpc) is 2.76. The fourth-order valence-electron chi connectivity index (χ4n) is 1.83. The summed E-state index contributed by atoms with van der Waals surface area (Å²) in [4.78, 5) is 1.49. The minimum atomic E-state index is 0.287. The molecule has 0 bridgehead atoms. The molecule has 0 unspecified atom stereocenters. The van der Waals surface area contributed by atoms with Crippen LogP contribution >= 0.6 is 11.3 Å². The van der Waals surface area contributed by atoms with Crippen molar-refractivity contribution in [1.82, 2.24) is 0 Å². The van der Waals surface area contributed by atoms with Gasteiger partial charge in [-0.05, 0) is 40.8 Å². The summed E-state index contributed by atoms with van der Waals surface area (Å²) in [5, 5.41) is 2.31. The van der Waals surface area contributed by atoms with Gasteiger partial charge in [0.15, 0.2) is 0 Å². The van der Waals surface area contributed by atoms with Crippen LogP contribution in [0, 0.1) is 0 Å². The third-order valence-corrected chi connectivity index (χ3v) is 4.34. The molecule has 0 spiro atoms. The van der Waals surface area contributed by atoms with Crippen molar-refractivity contribution >= 4 is 11.3 Å². The van der Waals surface area contributed by atoms with Crippen LogP contribution in [0.1, 0.15) is 36.8 Å². The molecule has 1 heterocycles. The highest BCUT2D eigenvalue weighted by Crippen LogP contribution is 2.29. The maximum absolute atomic E-state index is 2.37. The van der Waals surface area contributed by atoms with Gasteiger partial charge in [-0.25, -0.2) is 0 Å². The van der Waals surface area contributed by atoms with Gasteiger partial charge in [-0.3, -0.25) is 0 Å². The van der Waals surface area contributed by atoms with Gasteiger partial charge in [0.1, 0.15) is 0 Å². The van der Waals surface area contributed by atoms with Gasteiger partial charge in [-0.2, -0.15) is 0 Å². The predicted molar refractivity (Wildman–Crippen MR) is 76.9 cm³/mol. The molecule has 0 fully saturated rings. The Morgan fingerprint density at radius 3 is 2.18 bits per heavy atom. The minimum Gasteiger partial charge on any atom is -0.148 e. The van der Waals surface area contributed by atoms with Crippen molar-refractivity contribution in [2.45, 2.75) is 39.0 Å². The largest absolute Gasteiger partial charge is 0.148 e. The monoisotopic (exact) mass is 244 g/mol. The van der Waals surface area contributed by atoms with Crippen molar-refractivity contribution in [1.29, 1.82) is 0 Å². The molecule has 0 N–H and O–H groups in total. The van der Waals surface area contributed by atoms with E-state index in [2.05, 4.69) is 62.5 Å². The van der Waals surface area contributed by atoms with E-state index in [0.717, 1.165) is 12.8 Å². The van der Waals surface area contributed by atoms with Crippen LogP contribution in [0.25, 0.3) is 0 Å². The van der Waals surface area contributed by atoms with Crippen LogP contribution in [0.3, 0.4) is 0 Å². The summed E-state index contributed by atoms with van der Waals surface area (Å²) in [6, 6.07) is 13.1. The lowest BCUT2D eigenvalue weighted by molar-refractivity contribution is 0.603. The van der Waals surface area contributed by atoms with E-state index in [1.165, 1.54) is 16.0 Å². The molecular weight excluding hydrogens is 224 g/mol. The Morgan fingerprint density at radius 2 is 1.59 bits per heavy atom. The Kier molecular flexibility index (Phi) is 3.68. The normalized spacial score (nSPS) is 11.7. The third kappa shape index (κ3) is 3.44. The highest BCUT2D eigenvalue weighted by atomic mass is 32.1. The van der Waals surface area contributed by atoms with E-state index in [-0.39, 0.29) is 5.41 Å². The Morgan fingerprint density at radius 1 is 0.941 bits per heavy atom. The molecule has 0 saturated heterocycles. The molecule has 0 amide bonds. The van der Waals surface area contributed by atoms with Crippen LogP contribution < -0.4 is 0 Å². The summed E-state index contributed by atoms with van der Waals surface area (Å²) in [6.45, 7) is 6.83. The molecule has 0 aliphatic heterocycles. The summed E-state index contributed by atoms with van der Waals surface area (Å²) >= 11 is 1.89. The Bertz CT molecular complexity index is 460. The van der Waals surface area contributed by atoms with E-state index in [0.29, 0.717) is 0 Å². The summed E-state index contributed by atoms with van der Waals surface area (Å²) in [7, 11) is 0. The predicted octanol–water partition coefficient (Wildman–Crippen LogP) is 4.83. The van der Waals surface area contributed by atoms with Crippen LogP contribution in [-0.4, -0.2) is 0 Å². The molecule has 1 aromatic carbocycles. The van der Waals surface area contributed by atoms with E-state index in [1.807, 2.05) is 11.3 Å². The van der Waals surface area contributed by atoms with Crippen molar-refractivity contribution in [3.05, 3.63) is 57.8 Å². The van der Waals surface area contributed by atoms with E-state index < -0.39 is 0 Å². The molecular formula is C16H20S. The lowest BCUT2D eigenvalue weighted by Crippen LogP contribution is -2.08. The summed E-state index contributed by atoms with van der Waals surface area (Å²) in [6.07, 6.45) is 2.29. The highest BCUT2D eigenvalue weighted by Gasteiger charge is 2.15. The second-order valence-corrected chi connectivity index (χ2v) is 6.47. The average molecular weight is 244 g/mol. The van der Waals surface area contributed by atoms with E-state index in [4.69, 9.17) is 0 Å². The van der Waals surface area contributed by atoms with Gasteiger partial charge < -0.3 is 0 Å². The molecule has 2 aromatic rings. The molecule has 0 radical (unpaired) electrons. The second kappa shape index (κ2) is 5.05. The first-order valence-corrected chi connectivity index (χ1v) is 7.05. The minimum absolute atomic E-state index is 0.287. The maximum atomic E-state index is 2.37. The van der Waals surface area contributed by atoms with Crippen molar-refractivity contribution in [2.24, 2.45) is 0 Å². The van der Waals surface area contributed by atoms with E-state index in [1.54, 1.807) is 0 Å². The topological polar surface area (TPSA) is 0 Å². The molecule has 0 nitrogen and oxygen atoms in total. The first-order valence-electron chi connectivity index (χ1n) is 6.17. The van der Waals surface area contributed by atoms with Crippen LogP contribution in [0.15, 0.2) is 41.8 Å². The van der Waals surface area contributed by atoms with E-state index >= 15 is 0 Å². The third-order valence-electron chi connectivity index (χ3n) is 2.94. The van der Waals surface area contributed by atoms with Crippen LogP contribution in [0.5, 0.6) is 0 Å². The smallest absolute Gasteiger partial charge is 0.0102 e. The number of hydrogen-bond acceptors (Lipinski definition) is 1. The SMILES string of the molecule is CC(C)(C)c1cc(CCc2ccccc2)cs1. The summed E-state index contributed by atoms with van der Waals surface area (Å²) < 4.78 is 0. The molecule has 1 aromatic heterocycles. The standard InChI is InChI=1S/C16H20S/c1-16(2,3)15-11-14(12-17-15)10-9-13-7-5-4-6-8-13/h4-8,11-12H,9-10H2,1-3H3. The number of aryl methyl sites for hydroxylation is 2. The van der Waals surface area contributed by atoms with Crippen molar-refractivity contribution in [3.8, 4) is 0 Å². The molecule has 2 rings (SSSR count). The zero-order valence-corrected chi connectivity index (χ0v) is 11.7. The number of hydrogen-bond donors (Lipinski definition) is 0. The first kappa shape index (κ1) is 12.4. The summed E-state index contributed by atoms with van der Waals surface area (Å²) in [5.41, 5.74) is 3.19. The molecule has 90 valence electrons. The Balaban J connectivity index is 1.99. The van der Waals surface area contributed by atoms with Crippen molar-refractivity contribution in [2.75, 3.05) is 0 Å². The second-order valence-electron chi connectivity index (χ2n) is 5.55. The zero-order valence-electron chi connectivity index (χ0n) is 10.9. The van der Waals surface area contributed by atoms with Crippen LogP contribution in [-0.2, 0) is 18.3 Å². The number of thiophene rings is 1. The first-order chi connectivity index (χ1) is 8.05. The van der Waals surface area contributed by atoms with Gasteiger partial charge in [-0.1, -0.05) is 51.1 Å². The Hall–Kier alpha value is -1.08. The molecule has 0 aliphatic carbocycles. The van der Waals surface area contributed by atoms with Gasteiger partial charge in [0.2, 0.25) is 0 Å². The van der Waals surface area contributed by atoms with Crippen LogP contribution in [0.4, 0.5) is 0 Å². The van der Waals surface area contributed by atoms with Gasteiger partial charge in [0, 0.05) is 4.88 Å². The fourth-order valence-corrected chi connectivity index (χ4v) is 2.87. The van der Waals surface area contributed by atoms with Crippen LogP contribution in [0.2, 0.25) is 0 Å². The van der Waals surface area contributed by atoms with Gasteiger partial charge in [0.25, 0.3) is 0 Å². The van der Waals surface area contributed by atoms with Crippen molar-refractivity contribution in [3.63, 3.8) is 0 Å². The molecule has 0 atom stereocenters. The molecule has 0 saturated carbocycles. The zero-order chi connectivity index (χ0) is 12.3. The summed E-state index contributed by atoms with van der Waals surface area (Å²) in [5.74, 6) is 0. The number of benzene rings is 1. The quantitative estimate of drug-likeness (QED) is 0.725. The Labute approximate surface area is 108 Å². The van der Waals surface area contributed by atoms with Gasteiger partial charge >= 0.3 is 0 Å². The highest BCUT2D eigenvalue weighted by molar-refractivity contribution is 7.10. The number of rotatable bonds is 3. The maximum Gasteiger partial charge on any atom is 0.0102 e. The molecule has 17 heavy (non-hydrogen) atoms. The van der Waals surface area contributed by atoms with E-state index in [9.17, 15) is 0 Å². The lowest BCUT2D eigenvalue weighted by Gasteiger charge is -2.15. The molecule has 1 heteroatoms. The fraction of sp³-hybridized carbons (Fsp3) is 0.375.